The van der Waals surface area contributed by atoms with Crippen molar-refractivity contribution >= 4 is 5.82 Å². The van der Waals surface area contributed by atoms with E-state index in [2.05, 4.69) is 34.2 Å². The van der Waals surface area contributed by atoms with Gasteiger partial charge in [-0.15, -0.1) is 0 Å². The third kappa shape index (κ3) is 5.62. The molecule has 0 bridgehead atoms. The second kappa shape index (κ2) is 8.32. The summed E-state index contributed by atoms with van der Waals surface area (Å²) in [5, 5.41) is 3.36. The summed E-state index contributed by atoms with van der Waals surface area (Å²) in [5.74, 6) is 2.77. The van der Waals surface area contributed by atoms with Crippen LogP contribution in [0.15, 0.2) is 6.07 Å². The van der Waals surface area contributed by atoms with E-state index < -0.39 is 0 Å². The van der Waals surface area contributed by atoms with E-state index in [4.69, 9.17) is 0 Å². The van der Waals surface area contributed by atoms with Crippen molar-refractivity contribution in [2.24, 2.45) is 5.92 Å². The van der Waals surface area contributed by atoms with E-state index in [0.717, 1.165) is 42.8 Å². The molecule has 1 aromatic rings. The van der Waals surface area contributed by atoms with Gasteiger partial charge in [0.15, 0.2) is 0 Å². The molecular formula is C17H30N4. The predicted molar refractivity (Wildman–Crippen MR) is 88.5 cm³/mol. The SMILES string of the molecule is CCCNc1cc(C)nc(CN(C)CC2CCCCC2)n1. The fourth-order valence-electron chi connectivity index (χ4n) is 3.16. The highest BCUT2D eigenvalue weighted by Crippen LogP contribution is 2.24. The van der Waals surface area contributed by atoms with Crippen LogP contribution >= 0.6 is 0 Å². The summed E-state index contributed by atoms with van der Waals surface area (Å²) >= 11 is 0. The van der Waals surface area contributed by atoms with Gasteiger partial charge in [-0.1, -0.05) is 26.2 Å². The van der Waals surface area contributed by atoms with Crippen molar-refractivity contribution in [3.05, 3.63) is 17.6 Å². The number of nitrogens with zero attached hydrogens (tertiary/aromatic N) is 3. The van der Waals surface area contributed by atoms with Gasteiger partial charge in [0, 0.05) is 24.8 Å². The molecule has 0 aromatic carbocycles. The van der Waals surface area contributed by atoms with Crippen LogP contribution in [0.4, 0.5) is 5.82 Å². The fraction of sp³-hybridized carbons (Fsp3) is 0.765. The van der Waals surface area contributed by atoms with Crippen LogP contribution < -0.4 is 5.32 Å². The number of rotatable bonds is 7. The predicted octanol–water partition coefficient (Wildman–Crippen LogP) is 3.62. The van der Waals surface area contributed by atoms with Crippen LogP contribution in [-0.4, -0.2) is 35.0 Å². The molecule has 0 radical (unpaired) electrons. The van der Waals surface area contributed by atoms with Crippen LogP contribution in [0.5, 0.6) is 0 Å². The molecule has 1 aliphatic carbocycles. The van der Waals surface area contributed by atoms with Crippen molar-refractivity contribution in [2.75, 3.05) is 25.5 Å². The quantitative estimate of drug-likeness (QED) is 0.832. The molecule has 21 heavy (non-hydrogen) atoms. The number of aryl methyl sites for hydroxylation is 1. The van der Waals surface area contributed by atoms with E-state index in [1.807, 2.05) is 13.0 Å². The Balaban J connectivity index is 1.89. The van der Waals surface area contributed by atoms with Gasteiger partial charge in [0.2, 0.25) is 0 Å². The Labute approximate surface area is 129 Å². The largest absolute Gasteiger partial charge is 0.370 e. The molecular weight excluding hydrogens is 260 g/mol. The van der Waals surface area contributed by atoms with E-state index >= 15 is 0 Å². The van der Waals surface area contributed by atoms with Crippen LogP contribution in [0.3, 0.4) is 0 Å². The Kier molecular flexibility index (Phi) is 6.43. The Bertz CT molecular complexity index is 427. The topological polar surface area (TPSA) is 41.1 Å². The molecule has 0 saturated heterocycles. The Morgan fingerprint density at radius 1 is 1.24 bits per heavy atom. The Morgan fingerprint density at radius 3 is 2.71 bits per heavy atom. The summed E-state index contributed by atoms with van der Waals surface area (Å²) in [6.45, 7) is 7.20. The van der Waals surface area contributed by atoms with Gasteiger partial charge >= 0.3 is 0 Å². The van der Waals surface area contributed by atoms with E-state index in [9.17, 15) is 0 Å². The Morgan fingerprint density at radius 2 is 2.00 bits per heavy atom. The van der Waals surface area contributed by atoms with Gasteiger partial charge in [-0.25, -0.2) is 9.97 Å². The highest BCUT2D eigenvalue weighted by Gasteiger charge is 2.16. The monoisotopic (exact) mass is 290 g/mol. The first-order valence-corrected chi connectivity index (χ1v) is 8.44. The van der Waals surface area contributed by atoms with E-state index in [-0.39, 0.29) is 0 Å². The van der Waals surface area contributed by atoms with Crippen LogP contribution in [-0.2, 0) is 6.54 Å². The van der Waals surface area contributed by atoms with Crippen molar-refractivity contribution < 1.29 is 0 Å². The van der Waals surface area contributed by atoms with Crippen LogP contribution in [0, 0.1) is 12.8 Å². The first-order chi connectivity index (χ1) is 10.2. The van der Waals surface area contributed by atoms with E-state index in [0.29, 0.717) is 0 Å². The smallest absolute Gasteiger partial charge is 0.144 e. The summed E-state index contributed by atoms with van der Waals surface area (Å²) in [7, 11) is 2.19. The molecule has 0 unspecified atom stereocenters. The summed E-state index contributed by atoms with van der Waals surface area (Å²) in [6.07, 6.45) is 8.13. The minimum atomic E-state index is 0.846. The number of anilines is 1. The molecule has 2 rings (SSSR count). The molecule has 118 valence electrons. The fourth-order valence-corrected chi connectivity index (χ4v) is 3.16. The van der Waals surface area contributed by atoms with Gasteiger partial charge in [0.25, 0.3) is 0 Å². The van der Waals surface area contributed by atoms with Crippen molar-refractivity contribution in [1.82, 2.24) is 14.9 Å². The molecule has 1 aliphatic rings. The molecule has 0 aliphatic heterocycles. The minimum Gasteiger partial charge on any atom is -0.370 e. The average Bonchev–Trinajstić information content (AvgIpc) is 2.45. The standard InChI is InChI=1S/C17H30N4/c1-4-10-18-16-11-14(2)19-17(20-16)13-21(3)12-15-8-6-5-7-9-15/h11,15H,4-10,12-13H2,1-3H3,(H,18,19,20). The summed E-state index contributed by atoms with van der Waals surface area (Å²) in [6, 6.07) is 2.03. The van der Waals surface area contributed by atoms with Crippen molar-refractivity contribution in [2.45, 2.75) is 58.9 Å². The molecule has 4 heteroatoms. The molecule has 1 fully saturated rings. The van der Waals surface area contributed by atoms with Crippen molar-refractivity contribution in [1.29, 1.82) is 0 Å². The molecule has 0 spiro atoms. The van der Waals surface area contributed by atoms with Crippen molar-refractivity contribution in [3.8, 4) is 0 Å². The third-order valence-corrected chi connectivity index (χ3v) is 4.16. The van der Waals surface area contributed by atoms with Gasteiger partial charge in [-0.05, 0) is 39.2 Å². The van der Waals surface area contributed by atoms with Crippen LogP contribution in [0.25, 0.3) is 0 Å². The maximum Gasteiger partial charge on any atom is 0.144 e. The summed E-state index contributed by atoms with van der Waals surface area (Å²) in [4.78, 5) is 11.6. The van der Waals surface area contributed by atoms with Gasteiger partial charge in [-0.3, -0.25) is 4.90 Å². The third-order valence-electron chi connectivity index (χ3n) is 4.16. The number of hydrogen-bond donors (Lipinski definition) is 1. The zero-order valence-corrected chi connectivity index (χ0v) is 13.9. The lowest BCUT2D eigenvalue weighted by Crippen LogP contribution is -2.27. The maximum absolute atomic E-state index is 4.64. The van der Waals surface area contributed by atoms with Crippen molar-refractivity contribution in [3.63, 3.8) is 0 Å². The highest BCUT2D eigenvalue weighted by molar-refractivity contribution is 5.35. The van der Waals surface area contributed by atoms with Gasteiger partial charge < -0.3 is 5.32 Å². The first-order valence-electron chi connectivity index (χ1n) is 8.44. The van der Waals surface area contributed by atoms with E-state index in [1.165, 1.54) is 38.6 Å². The second-order valence-corrected chi connectivity index (χ2v) is 6.44. The molecule has 1 aromatic heterocycles. The van der Waals surface area contributed by atoms with Crippen LogP contribution in [0.2, 0.25) is 0 Å². The zero-order chi connectivity index (χ0) is 15.1. The second-order valence-electron chi connectivity index (χ2n) is 6.44. The highest BCUT2D eigenvalue weighted by atomic mass is 15.1. The lowest BCUT2D eigenvalue weighted by Gasteiger charge is -2.26. The molecule has 1 saturated carbocycles. The Hall–Kier alpha value is -1.16. The average molecular weight is 290 g/mol. The number of nitrogens with one attached hydrogen (secondary N) is 1. The van der Waals surface area contributed by atoms with Crippen LogP contribution in [0.1, 0.15) is 57.0 Å². The summed E-state index contributed by atoms with van der Waals surface area (Å²) < 4.78 is 0. The number of aromatic nitrogens is 2. The maximum atomic E-state index is 4.64. The molecule has 1 heterocycles. The molecule has 1 N–H and O–H groups in total. The molecule has 0 atom stereocenters. The minimum absolute atomic E-state index is 0.846. The lowest BCUT2D eigenvalue weighted by molar-refractivity contribution is 0.224. The van der Waals surface area contributed by atoms with E-state index in [1.54, 1.807) is 0 Å². The normalized spacial score (nSPS) is 16.4. The van der Waals surface area contributed by atoms with Gasteiger partial charge in [0.1, 0.15) is 11.6 Å². The lowest BCUT2D eigenvalue weighted by atomic mass is 9.89. The molecule has 0 amide bonds. The van der Waals surface area contributed by atoms with Gasteiger partial charge in [-0.2, -0.15) is 0 Å². The molecule has 4 nitrogen and oxygen atoms in total. The van der Waals surface area contributed by atoms with Gasteiger partial charge in [0.05, 0.1) is 6.54 Å². The summed E-state index contributed by atoms with van der Waals surface area (Å²) in [5.41, 5.74) is 1.05. The zero-order valence-electron chi connectivity index (χ0n) is 13.9. The number of hydrogen-bond acceptors (Lipinski definition) is 4. The first kappa shape index (κ1) is 16.2.